The van der Waals surface area contributed by atoms with Gasteiger partial charge in [-0.15, -0.1) is 21.5 Å². The van der Waals surface area contributed by atoms with Gasteiger partial charge in [0.1, 0.15) is 5.82 Å². The van der Waals surface area contributed by atoms with Crippen LogP contribution in [0.25, 0.3) is 0 Å². The van der Waals surface area contributed by atoms with Gasteiger partial charge in [0, 0.05) is 41.3 Å². The van der Waals surface area contributed by atoms with Gasteiger partial charge < -0.3 is 9.13 Å². The molecule has 0 bridgehead atoms. The number of aryl methyl sites for hydroxylation is 1. The summed E-state index contributed by atoms with van der Waals surface area (Å²) >= 11 is 3.18. The van der Waals surface area contributed by atoms with E-state index >= 15 is 0 Å². The normalized spacial score (nSPS) is 14.1. The fourth-order valence-electron chi connectivity index (χ4n) is 3.36. The zero-order valence-corrected chi connectivity index (χ0v) is 16.9. The Morgan fingerprint density at radius 2 is 2.15 bits per heavy atom. The molecule has 1 aliphatic carbocycles. The lowest BCUT2D eigenvalue weighted by Crippen LogP contribution is -2.07. The first-order valence-electron chi connectivity index (χ1n) is 8.79. The number of ketones is 1. The molecular weight excluding hydrogens is 364 g/mol. The molecule has 5 nitrogen and oxygen atoms in total. The van der Waals surface area contributed by atoms with E-state index in [1.54, 1.807) is 11.3 Å². The second-order valence-electron chi connectivity index (χ2n) is 6.81. The van der Waals surface area contributed by atoms with Crippen LogP contribution in [0.1, 0.15) is 51.3 Å². The average Bonchev–Trinajstić information content (AvgIpc) is 3.06. The molecule has 4 rings (SSSR count). The maximum Gasteiger partial charge on any atom is 0.191 e. The Morgan fingerprint density at radius 3 is 2.85 bits per heavy atom. The van der Waals surface area contributed by atoms with E-state index in [4.69, 9.17) is 0 Å². The van der Waals surface area contributed by atoms with Gasteiger partial charge in [0.2, 0.25) is 0 Å². The van der Waals surface area contributed by atoms with Crippen molar-refractivity contribution in [2.75, 3.05) is 5.75 Å². The molecule has 0 radical (unpaired) electrons. The van der Waals surface area contributed by atoms with Crippen molar-refractivity contribution in [3.63, 3.8) is 0 Å². The molecule has 3 aromatic rings. The van der Waals surface area contributed by atoms with Crippen molar-refractivity contribution in [2.24, 2.45) is 7.05 Å². The number of hydrogen-bond donors (Lipinski definition) is 0. The van der Waals surface area contributed by atoms with Crippen molar-refractivity contribution in [3.05, 3.63) is 51.2 Å². The van der Waals surface area contributed by atoms with Gasteiger partial charge in [0.05, 0.1) is 5.75 Å². The van der Waals surface area contributed by atoms with Crippen LogP contribution in [0.2, 0.25) is 0 Å². The molecule has 0 aromatic carbocycles. The Bertz CT molecular complexity index is 935. The number of carbonyl (C=O) groups is 1. The van der Waals surface area contributed by atoms with Crippen molar-refractivity contribution >= 4 is 28.9 Å². The van der Waals surface area contributed by atoms with E-state index in [1.807, 2.05) is 23.7 Å². The van der Waals surface area contributed by atoms with Crippen molar-refractivity contribution in [1.29, 1.82) is 0 Å². The summed E-state index contributed by atoms with van der Waals surface area (Å²) in [5.74, 6) is 1.48. The predicted octanol–water partition coefficient (Wildman–Crippen LogP) is 4.20. The van der Waals surface area contributed by atoms with Gasteiger partial charge in [0.15, 0.2) is 10.9 Å². The Kier molecular flexibility index (Phi) is 4.75. The Balaban J connectivity index is 1.43. The van der Waals surface area contributed by atoms with Gasteiger partial charge in [-0.1, -0.05) is 17.8 Å². The molecule has 0 unspecified atom stereocenters. The van der Waals surface area contributed by atoms with Gasteiger partial charge >= 0.3 is 0 Å². The predicted molar refractivity (Wildman–Crippen MR) is 105 cm³/mol. The molecule has 136 valence electrons. The minimum absolute atomic E-state index is 0.165. The van der Waals surface area contributed by atoms with Gasteiger partial charge in [-0.3, -0.25) is 4.79 Å². The summed E-state index contributed by atoms with van der Waals surface area (Å²) < 4.78 is 4.31. The molecule has 0 spiro atoms. The highest BCUT2D eigenvalue weighted by atomic mass is 32.2. The number of thioether (sulfide) groups is 1. The second kappa shape index (κ2) is 7.04. The summed E-state index contributed by atoms with van der Waals surface area (Å²) in [5, 5.41) is 11.4. The molecule has 0 atom stereocenters. The molecular formula is C19H22N4OS2. The van der Waals surface area contributed by atoms with Crippen LogP contribution >= 0.6 is 23.1 Å². The quantitative estimate of drug-likeness (QED) is 0.451. The number of thiophene rings is 1. The lowest BCUT2D eigenvalue weighted by molar-refractivity contribution is 0.102. The second-order valence-corrected chi connectivity index (χ2v) is 8.79. The summed E-state index contributed by atoms with van der Waals surface area (Å²) in [6, 6.07) is 6.78. The molecule has 7 heteroatoms. The van der Waals surface area contributed by atoms with Crippen molar-refractivity contribution < 1.29 is 4.79 Å². The zero-order valence-electron chi connectivity index (χ0n) is 15.2. The van der Waals surface area contributed by atoms with E-state index < -0.39 is 0 Å². The SMILES string of the molecule is Cc1cc(C(=O)CSc2nnc(Cc3cccs3)n2C)c(C)n1C1CC1. The summed E-state index contributed by atoms with van der Waals surface area (Å²) in [6.07, 6.45) is 3.23. The molecule has 3 heterocycles. The third-order valence-corrected chi connectivity index (χ3v) is 6.76. The minimum Gasteiger partial charge on any atom is -0.345 e. The van der Waals surface area contributed by atoms with Crippen LogP contribution in [0.3, 0.4) is 0 Å². The Labute approximate surface area is 161 Å². The van der Waals surface area contributed by atoms with Crippen molar-refractivity contribution in [3.8, 4) is 0 Å². The number of carbonyl (C=O) groups excluding carboxylic acids is 1. The molecule has 0 amide bonds. The summed E-state index contributed by atoms with van der Waals surface area (Å²) in [4.78, 5) is 14.0. The number of hydrogen-bond acceptors (Lipinski definition) is 5. The summed E-state index contributed by atoms with van der Waals surface area (Å²) in [6.45, 7) is 4.15. The number of Topliss-reactive ketones (excluding diaryl/α,β-unsaturated/α-hetero) is 1. The fourth-order valence-corrected chi connectivity index (χ4v) is 4.87. The van der Waals surface area contributed by atoms with E-state index in [9.17, 15) is 4.79 Å². The first-order valence-corrected chi connectivity index (χ1v) is 10.7. The van der Waals surface area contributed by atoms with E-state index in [1.165, 1.54) is 35.2 Å². The summed E-state index contributed by atoms with van der Waals surface area (Å²) in [7, 11) is 1.97. The molecule has 0 aliphatic heterocycles. The lowest BCUT2D eigenvalue weighted by Gasteiger charge is -2.07. The molecule has 0 saturated heterocycles. The van der Waals surface area contributed by atoms with Crippen molar-refractivity contribution in [2.45, 2.75) is 44.3 Å². The minimum atomic E-state index is 0.165. The highest BCUT2D eigenvalue weighted by molar-refractivity contribution is 7.99. The molecule has 26 heavy (non-hydrogen) atoms. The highest BCUT2D eigenvalue weighted by Crippen LogP contribution is 2.38. The lowest BCUT2D eigenvalue weighted by atomic mass is 10.2. The van der Waals surface area contributed by atoms with Gasteiger partial charge in [-0.2, -0.15) is 0 Å². The van der Waals surface area contributed by atoms with Crippen LogP contribution in [0.15, 0.2) is 28.7 Å². The van der Waals surface area contributed by atoms with E-state index in [0.717, 1.165) is 28.7 Å². The van der Waals surface area contributed by atoms with Crippen LogP contribution < -0.4 is 0 Å². The average molecular weight is 387 g/mol. The molecule has 1 fully saturated rings. The maximum absolute atomic E-state index is 12.7. The molecule has 1 saturated carbocycles. The molecule has 0 N–H and O–H groups in total. The fraction of sp³-hybridized carbons (Fsp3) is 0.421. The van der Waals surface area contributed by atoms with Gasteiger partial charge in [-0.25, -0.2) is 0 Å². The number of aromatic nitrogens is 4. The van der Waals surface area contributed by atoms with Gasteiger partial charge in [0.25, 0.3) is 0 Å². The summed E-state index contributed by atoms with van der Waals surface area (Å²) in [5.41, 5.74) is 3.14. The molecule has 3 aromatic heterocycles. The topological polar surface area (TPSA) is 52.7 Å². The Hall–Kier alpha value is -1.86. The highest BCUT2D eigenvalue weighted by Gasteiger charge is 2.28. The van der Waals surface area contributed by atoms with E-state index in [0.29, 0.717) is 11.8 Å². The number of rotatable bonds is 7. The van der Waals surface area contributed by atoms with Crippen LogP contribution in [-0.4, -0.2) is 30.9 Å². The first kappa shape index (κ1) is 17.5. The third-order valence-electron chi connectivity index (χ3n) is 4.87. The van der Waals surface area contributed by atoms with Crippen molar-refractivity contribution in [1.82, 2.24) is 19.3 Å². The third kappa shape index (κ3) is 3.38. The number of nitrogens with zero attached hydrogens (tertiary/aromatic N) is 4. The standard InChI is InChI=1S/C19H22N4OS2/c1-12-9-16(13(2)23(12)14-6-7-14)17(24)11-26-19-21-20-18(22(19)3)10-15-5-4-8-25-15/h4-5,8-9,14H,6-7,10-11H2,1-3H3. The van der Waals surface area contributed by atoms with E-state index in [2.05, 4.69) is 40.1 Å². The first-order chi connectivity index (χ1) is 12.5. The Morgan fingerprint density at radius 1 is 1.35 bits per heavy atom. The van der Waals surface area contributed by atoms with Crippen LogP contribution in [0.4, 0.5) is 0 Å². The largest absolute Gasteiger partial charge is 0.345 e. The molecule has 1 aliphatic rings. The van der Waals surface area contributed by atoms with E-state index in [-0.39, 0.29) is 5.78 Å². The van der Waals surface area contributed by atoms with Crippen LogP contribution in [0.5, 0.6) is 0 Å². The smallest absolute Gasteiger partial charge is 0.191 e. The van der Waals surface area contributed by atoms with Gasteiger partial charge in [-0.05, 0) is 44.2 Å². The van der Waals surface area contributed by atoms with Crippen LogP contribution in [0, 0.1) is 13.8 Å². The maximum atomic E-state index is 12.7. The van der Waals surface area contributed by atoms with Crippen LogP contribution in [-0.2, 0) is 13.5 Å². The zero-order chi connectivity index (χ0) is 18.3. The monoisotopic (exact) mass is 386 g/mol.